The molecule has 1 spiro atoms. The van der Waals surface area contributed by atoms with Crippen molar-refractivity contribution in [2.24, 2.45) is 0 Å². The highest BCUT2D eigenvalue weighted by molar-refractivity contribution is 6.06. The Morgan fingerprint density at radius 2 is 0.764 bits per heavy atom. The molecule has 0 aliphatic heterocycles. The van der Waals surface area contributed by atoms with Gasteiger partial charge in [0, 0.05) is 27.8 Å². The van der Waals surface area contributed by atoms with E-state index in [0.717, 1.165) is 17.1 Å². The summed E-state index contributed by atoms with van der Waals surface area (Å²) in [5.74, 6) is 0. The summed E-state index contributed by atoms with van der Waals surface area (Å²) in [4.78, 5) is 2.54. The van der Waals surface area contributed by atoms with E-state index in [0.29, 0.717) is 0 Å². The quantitative estimate of drug-likeness (QED) is 0.166. The van der Waals surface area contributed by atoms with Gasteiger partial charge in [0.2, 0.25) is 0 Å². The summed E-state index contributed by atoms with van der Waals surface area (Å²) >= 11 is 0. The summed E-state index contributed by atoms with van der Waals surface area (Å²) in [5, 5.41) is 2.58. The summed E-state index contributed by atoms with van der Waals surface area (Å²) in [6.45, 7) is 9.58. The lowest BCUT2D eigenvalue weighted by Crippen LogP contribution is -2.25. The Labute approximate surface area is 422 Å². The predicted molar refractivity (Wildman–Crippen MR) is 301 cm³/mol. The van der Waals surface area contributed by atoms with Gasteiger partial charge in [0.15, 0.2) is 0 Å². The molecule has 1 nitrogen and oxygen atoms in total. The molecule has 340 valence electrons. The van der Waals surface area contributed by atoms with Crippen molar-refractivity contribution in [1.29, 1.82) is 0 Å². The first-order valence-electron chi connectivity index (χ1n) is 25.6. The smallest absolute Gasteiger partial charge is 0.0725 e. The van der Waals surface area contributed by atoms with E-state index >= 15 is 0 Å². The van der Waals surface area contributed by atoms with E-state index in [4.69, 9.17) is 0 Å². The van der Waals surface area contributed by atoms with Crippen LogP contribution in [0.25, 0.3) is 77.5 Å². The van der Waals surface area contributed by atoms with Gasteiger partial charge in [-0.05, 0) is 159 Å². The maximum atomic E-state index is 2.54. The third-order valence-electron chi connectivity index (χ3n) is 17.3. The molecule has 0 radical (unpaired) electrons. The van der Waals surface area contributed by atoms with Crippen LogP contribution in [0.15, 0.2) is 237 Å². The molecule has 4 aliphatic rings. The maximum absolute atomic E-state index is 2.54. The van der Waals surface area contributed by atoms with E-state index in [2.05, 4.69) is 269 Å². The largest absolute Gasteiger partial charge is 0.310 e. The van der Waals surface area contributed by atoms with E-state index in [1.165, 1.54) is 122 Å². The second-order valence-electron chi connectivity index (χ2n) is 21.5. The number of nitrogens with zero attached hydrogens (tertiary/aromatic N) is 1. The van der Waals surface area contributed by atoms with Crippen molar-refractivity contribution in [1.82, 2.24) is 0 Å². The van der Waals surface area contributed by atoms with Gasteiger partial charge in [-0.15, -0.1) is 0 Å². The third-order valence-corrected chi connectivity index (χ3v) is 17.3. The van der Waals surface area contributed by atoms with Gasteiger partial charge in [-0.1, -0.05) is 222 Å². The normalized spacial score (nSPS) is 16.3. The zero-order valence-corrected chi connectivity index (χ0v) is 41.0. The molecular weight excluding hydrogens is 867 g/mol. The molecule has 0 saturated carbocycles. The fourth-order valence-corrected chi connectivity index (χ4v) is 13.9. The van der Waals surface area contributed by atoms with Crippen LogP contribution >= 0.6 is 0 Å². The zero-order valence-electron chi connectivity index (χ0n) is 41.0. The third kappa shape index (κ3) is 5.43. The first-order valence-corrected chi connectivity index (χ1v) is 25.6. The molecule has 0 N–H and O–H groups in total. The minimum atomic E-state index is -0.433. The molecule has 4 aliphatic carbocycles. The van der Waals surface area contributed by atoms with Crippen LogP contribution in [0, 0.1) is 0 Å². The SMILES string of the molecule is CC1(C)c2ccccc2-c2ccc(N(c3ccc4c(c3)C(C)(C)c3cc(-c5ccccc5)ccc3-4)c3ccccc3-c3ccc4c(c3)-c3ccccc3C43c4ccccc4-c4c3ccc3ccccc43)cc21. The average Bonchev–Trinajstić information content (AvgIpc) is 4.06. The highest BCUT2D eigenvalue weighted by Crippen LogP contribution is 2.64. The van der Waals surface area contributed by atoms with E-state index in [1.807, 2.05) is 0 Å². The number of hydrogen-bond donors (Lipinski definition) is 0. The van der Waals surface area contributed by atoms with Crippen molar-refractivity contribution >= 4 is 27.8 Å². The topological polar surface area (TPSA) is 3.24 Å². The molecular formula is C71H51N. The zero-order chi connectivity index (χ0) is 48.1. The van der Waals surface area contributed by atoms with E-state index in [9.17, 15) is 0 Å². The van der Waals surface area contributed by atoms with Crippen LogP contribution < -0.4 is 4.90 Å². The highest BCUT2D eigenvalue weighted by atomic mass is 15.1. The van der Waals surface area contributed by atoms with Crippen molar-refractivity contribution in [3.05, 3.63) is 281 Å². The van der Waals surface area contributed by atoms with Crippen LogP contribution in [-0.2, 0) is 16.2 Å². The van der Waals surface area contributed by atoms with Crippen LogP contribution in [0.3, 0.4) is 0 Å². The Balaban J connectivity index is 0.926. The summed E-state index contributed by atoms with van der Waals surface area (Å²) in [5.41, 5.74) is 29.0. The highest BCUT2D eigenvalue weighted by Gasteiger charge is 2.52. The fraction of sp³-hybridized carbons (Fsp3) is 0.0986. The Morgan fingerprint density at radius 3 is 1.49 bits per heavy atom. The van der Waals surface area contributed by atoms with E-state index < -0.39 is 5.41 Å². The lowest BCUT2D eigenvalue weighted by molar-refractivity contribution is 0.660. The standard InChI is InChI=1S/C71H51N/c1-69(2)59-26-14-10-23-52(59)55-36-33-48(42-65(55)69)72(49-34-37-56-54-35-30-46(44-18-6-5-7-19-44)41-64(54)70(3,4)66(56)43-49)67-29-17-13-21-50(67)47-32-38-62-58(40-47)53-24-11-15-27-60(53)71(62)61-28-16-12-25-57(61)68-51-22-9-8-20-45(51)31-39-63(68)71/h5-43H,1-4H3. The Bertz CT molecular complexity index is 4110. The van der Waals surface area contributed by atoms with Gasteiger partial charge in [0.25, 0.3) is 0 Å². The van der Waals surface area contributed by atoms with Gasteiger partial charge in [0.05, 0.1) is 11.1 Å². The van der Waals surface area contributed by atoms with Gasteiger partial charge in [0.1, 0.15) is 0 Å². The van der Waals surface area contributed by atoms with Gasteiger partial charge in [-0.2, -0.15) is 0 Å². The molecule has 11 aromatic carbocycles. The maximum Gasteiger partial charge on any atom is 0.0725 e. The number of fused-ring (bicyclic) bond motifs is 18. The van der Waals surface area contributed by atoms with Crippen molar-refractivity contribution in [2.45, 2.75) is 43.9 Å². The van der Waals surface area contributed by atoms with Crippen LogP contribution in [0.2, 0.25) is 0 Å². The van der Waals surface area contributed by atoms with Gasteiger partial charge in [-0.3, -0.25) is 0 Å². The van der Waals surface area contributed by atoms with Gasteiger partial charge >= 0.3 is 0 Å². The lowest BCUT2D eigenvalue weighted by Gasteiger charge is -2.31. The predicted octanol–water partition coefficient (Wildman–Crippen LogP) is 18.6. The van der Waals surface area contributed by atoms with Crippen LogP contribution in [0.5, 0.6) is 0 Å². The Morgan fingerprint density at radius 1 is 0.278 bits per heavy atom. The fourth-order valence-electron chi connectivity index (χ4n) is 13.9. The minimum Gasteiger partial charge on any atom is -0.310 e. The Kier molecular flexibility index (Phi) is 8.46. The molecule has 1 heteroatoms. The second-order valence-corrected chi connectivity index (χ2v) is 21.5. The minimum absolute atomic E-state index is 0.155. The monoisotopic (exact) mass is 917 g/mol. The van der Waals surface area contributed by atoms with Crippen molar-refractivity contribution in [2.75, 3.05) is 4.90 Å². The molecule has 0 heterocycles. The molecule has 1 atom stereocenters. The number of rotatable bonds is 5. The van der Waals surface area contributed by atoms with Crippen molar-refractivity contribution in [3.63, 3.8) is 0 Å². The summed E-state index contributed by atoms with van der Waals surface area (Å²) in [7, 11) is 0. The molecule has 0 amide bonds. The summed E-state index contributed by atoms with van der Waals surface area (Å²) in [6, 6.07) is 89.7. The lowest BCUT2D eigenvalue weighted by atomic mass is 9.70. The average molecular weight is 918 g/mol. The molecule has 72 heavy (non-hydrogen) atoms. The first-order chi connectivity index (χ1) is 35.2. The molecule has 0 saturated heterocycles. The van der Waals surface area contributed by atoms with Crippen molar-refractivity contribution < 1.29 is 0 Å². The summed E-state index contributed by atoms with van der Waals surface area (Å²) < 4.78 is 0. The number of hydrogen-bond acceptors (Lipinski definition) is 1. The second kappa shape index (κ2) is 14.8. The molecule has 1 unspecified atom stereocenters. The molecule has 15 rings (SSSR count). The molecule has 0 bridgehead atoms. The first kappa shape index (κ1) is 41.3. The van der Waals surface area contributed by atoms with Crippen LogP contribution in [0.1, 0.15) is 72.2 Å². The molecule has 0 fully saturated rings. The summed E-state index contributed by atoms with van der Waals surface area (Å²) in [6.07, 6.45) is 0. The molecule has 11 aromatic rings. The Hall–Kier alpha value is -8.52. The van der Waals surface area contributed by atoms with Gasteiger partial charge < -0.3 is 4.90 Å². The van der Waals surface area contributed by atoms with Crippen LogP contribution in [0.4, 0.5) is 17.1 Å². The number of anilines is 3. The van der Waals surface area contributed by atoms with Gasteiger partial charge in [-0.25, -0.2) is 0 Å². The van der Waals surface area contributed by atoms with E-state index in [-0.39, 0.29) is 10.8 Å². The number of para-hydroxylation sites is 1. The van der Waals surface area contributed by atoms with Crippen molar-refractivity contribution in [3.8, 4) is 66.8 Å². The molecule has 0 aromatic heterocycles. The van der Waals surface area contributed by atoms with Crippen LogP contribution in [-0.4, -0.2) is 0 Å². The van der Waals surface area contributed by atoms with E-state index in [1.54, 1.807) is 0 Å². The number of benzene rings is 11.